The van der Waals surface area contributed by atoms with Crippen LogP contribution in [0.1, 0.15) is 55.9 Å². The Morgan fingerprint density at radius 3 is 2.79 bits per heavy atom. The zero-order valence-corrected chi connectivity index (χ0v) is 17.7. The third-order valence-electron chi connectivity index (χ3n) is 5.81. The van der Waals surface area contributed by atoms with Gasteiger partial charge in [0.1, 0.15) is 5.75 Å². The molecule has 0 saturated heterocycles. The highest BCUT2D eigenvalue weighted by atomic mass is 32.1. The highest BCUT2D eigenvalue weighted by Crippen LogP contribution is 2.33. The number of ether oxygens (including phenoxy) is 1. The van der Waals surface area contributed by atoms with E-state index in [1.165, 1.54) is 19.3 Å². The minimum absolute atomic E-state index is 0.0337. The molecule has 2 aromatic rings. The van der Waals surface area contributed by atoms with Crippen LogP contribution in [0.2, 0.25) is 0 Å². The average Bonchev–Trinajstić information content (AvgIpc) is 3.19. The summed E-state index contributed by atoms with van der Waals surface area (Å²) in [6.07, 6.45) is 6.33. The Kier molecular flexibility index (Phi) is 6.19. The first-order valence-electron chi connectivity index (χ1n) is 10.6. The topological polar surface area (TPSA) is 58.6 Å². The van der Waals surface area contributed by atoms with Crippen molar-refractivity contribution < 1.29 is 14.3 Å². The van der Waals surface area contributed by atoms with Gasteiger partial charge in [0.05, 0.1) is 6.42 Å². The van der Waals surface area contributed by atoms with E-state index in [2.05, 4.69) is 5.32 Å². The number of carbonyl (C=O) groups is 2. The smallest absolute Gasteiger partial charge is 0.264 e. The Labute approximate surface area is 176 Å². The van der Waals surface area contributed by atoms with Crippen LogP contribution in [-0.2, 0) is 22.6 Å². The zero-order valence-electron chi connectivity index (χ0n) is 16.9. The fraction of sp³-hybridized carbons (Fsp3) is 0.478. The number of hydrogen-bond donors (Lipinski definition) is 1. The number of carbonyl (C=O) groups excluding carboxylic acids is 2. The second-order valence-corrected chi connectivity index (χ2v) is 8.93. The molecule has 0 unspecified atom stereocenters. The molecule has 1 aromatic heterocycles. The van der Waals surface area contributed by atoms with Gasteiger partial charge in [-0.25, -0.2) is 0 Å². The molecule has 6 heteroatoms. The number of benzene rings is 1. The van der Waals surface area contributed by atoms with Gasteiger partial charge in [-0.15, -0.1) is 11.3 Å². The van der Waals surface area contributed by atoms with Gasteiger partial charge in [-0.2, -0.15) is 0 Å². The summed E-state index contributed by atoms with van der Waals surface area (Å²) in [7, 11) is 0. The summed E-state index contributed by atoms with van der Waals surface area (Å²) in [4.78, 5) is 28.6. The van der Waals surface area contributed by atoms with Gasteiger partial charge in [-0.1, -0.05) is 32.3 Å². The summed E-state index contributed by atoms with van der Waals surface area (Å²) in [6.45, 7) is 2.54. The van der Waals surface area contributed by atoms with E-state index in [4.69, 9.17) is 4.74 Å². The highest BCUT2D eigenvalue weighted by Gasteiger charge is 2.34. The van der Waals surface area contributed by atoms with Crippen molar-refractivity contribution in [2.75, 3.05) is 5.32 Å². The monoisotopic (exact) mass is 412 g/mol. The molecule has 1 atom stereocenters. The molecule has 0 bridgehead atoms. The number of thiophene rings is 1. The van der Waals surface area contributed by atoms with E-state index in [1.807, 2.05) is 47.5 Å². The second-order valence-electron chi connectivity index (χ2n) is 7.90. The summed E-state index contributed by atoms with van der Waals surface area (Å²) in [5.41, 5.74) is 1.72. The normalized spacial score (nSPS) is 20.0. The van der Waals surface area contributed by atoms with Crippen molar-refractivity contribution in [3.05, 3.63) is 46.2 Å². The number of amides is 2. The number of hydrogen-bond acceptors (Lipinski definition) is 4. The quantitative estimate of drug-likeness (QED) is 0.770. The molecule has 0 radical (unpaired) electrons. The van der Waals surface area contributed by atoms with Gasteiger partial charge in [0.25, 0.3) is 5.91 Å². The largest absolute Gasteiger partial charge is 0.480 e. The first-order chi connectivity index (χ1) is 14.1. The summed E-state index contributed by atoms with van der Waals surface area (Å²) in [5, 5.41) is 4.97. The molecule has 1 saturated carbocycles. The van der Waals surface area contributed by atoms with Crippen LogP contribution in [0.3, 0.4) is 0 Å². The van der Waals surface area contributed by atoms with E-state index >= 15 is 0 Å². The van der Waals surface area contributed by atoms with Crippen LogP contribution in [0.15, 0.2) is 35.7 Å². The lowest BCUT2D eigenvalue weighted by molar-refractivity contribution is -0.141. The molecule has 2 amide bonds. The van der Waals surface area contributed by atoms with E-state index < -0.39 is 6.10 Å². The van der Waals surface area contributed by atoms with Gasteiger partial charge in [-0.05, 0) is 48.9 Å². The summed E-state index contributed by atoms with van der Waals surface area (Å²) >= 11 is 1.58. The fourth-order valence-corrected chi connectivity index (χ4v) is 4.99. The number of fused-ring (bicyclic) bond motifs is 1. The van der Waals surface area contributed by atoms with Crippen molar-refractivity contribution in [3.8, 4) is 5.75 Å². The number of anilines is 1. The first kappa shape index (κ1) is 20.0. The van der Waals surface area contributed by atoms with Crippen LogP contribution in [0.4, 0.5) is 5.69 Å². The Morgan fingerprint density at radius 1 is 1.24 bits per heavy atom. The molecule has 0 spiro atoms. The maximum Gasteiger partial charge on any atom is 0.264 e. The van der Waals surface area contributed by atoms with Gasteiger partial charge in [-0.3, -0.25) is 9.59 Å². The van der Waals surface area contributed by atoms with Gasteiger partial charge < -0.3 is 15.0 Å². The fourth-order valence-electron chi connectivity index (χ4n) is 4.28. The lowest BCUT2D eigenvalue weighted by Crippen LogP contribution is -2.45. The summed E-state index contributed by atoms with van der Waals surface area (Å²) in [5.74, 6) is 0.812. The number of rotatable bonds is 5. The van der Waals surface area contributed by atoms with Crippen molar-refractivity contribution >= 4 is 28.8 Å². The molecule has 1 fully saturated rings. The molecule has 1 aromatic carbocycles. The third-order valence-corrected chi connectivity index (χ3v) is 6.69. The van der Waals surface area contributed by atoms with Crippen molar-refractivity contribution in [1.82, 2.24) is 4.90 Å². The van der Waals surface area contributed by atoms with Crippen LogP contribution in [-0.4, -0.2) is 28.9 Å². The molecule has 1 N–H and O–H groups in total. The standard InChI is InChI=1S/C23H28N2O3S/c1-2-20-23(27)25(18-7-4-3-5-8-18)15-16-13-17(10-11-21(16)28-20)24-22(26)14-19-9-6-12-29-19/h6,9-13,18,20H,2-5,7-8,14-15H2,1H3,(H,24,26)/t20-/m1/s1. The zero-order chi connectivity index (χ0) is 20.2. The van der Waals surface area contributed by atoms with Crippen molar-refractivity contribution in [1.29, 1.82) is 0 Å². The molecule has 29 heavy (non-hydrogen) atoms. The third kappa shape index (κ3) is 4.64. The van der Waals surface area contributed by atoms with Crippen LogP contribution in [0.5, 0.6) is 5.75 Å². The molecule has 2 heterocycles. The van der Waals surface area contributed by atoms with Crippen LogP contribution >= 0.6 is 11.3 Å². The second kappa shape index (κ2) is 8.99. The molecular formula is C23H28N2O3S. The Morgan fingerprint density at radius 2 is 2.07 bits per heavy atom. The Hall–Kier alpha value is -2.34. The molecule has 1 aliphatic heterocycles. The van der Waals surface area contributed by atoms with E-state index in [1.54, 1.807) is 11.3 Å². The van der Waals surface area contributed by atoms with Crippen LogP contribution < -0.4 is 10.1 Å². The molecule has 5 nitrogen and oxygen atoms in total. The molecule has 154 valence electrons. The molecule has 2 aliphatic rings. The summed E-state index contributed by atoms with van der Waals surface area (Å²) < 4.78 is 6.08. The molecule has 1 aliphatic carbocycles. The van der Waals surface area contributed by atoms with E-state index in [0.717, 1.165) is 34.7 Å². The van der Waals surface area contributed by atoms with Crippen molar-refractivity contribution in [2.24, 2.45) is 0 Å². The van der Waals surface area contributed by atoms with Crippen LogP contribution in [0, 0.1) is 0 Å². The SMILES string of the molecule is CC[C@H]1Oc2ccc(NC(=O)Cc3cccs3)cc2CN(C2CCCCC2)C1=O. The van der Waals surface area contributed by atoms with Gasteiger partial charge >= 0.3 is 0 Å². The highest BCUT2D eigenvalue weighted by molar-refractivity contribution is 7.10. The number of nitrogens with one attached hydrogen (secondary N) is 1. The minimum atomic E-state index is -0.433. The molecular weight excluding hydrogens is 384 g/mol. The maximum absolute atomic E-state index is 13.1. The van der Waals surface area contributed by atoms with E-state index in [9.17, 15) is 9.59 Å². The van der Waals surface area contributed by atoms with Gasteiger partial charge in [0.2, 0.25) is 5.91 Å². The van der Waals surface area contributed by atoms with Crippen molar-refractivity contribution in [2.45, 2.75) is 70.6 Å². The van der Waals surface area contributed by atoms with Crippen LogP contribution in [0.25, 0.3) is 0 Å². The maximum atomic E-state index is 13.1. The average molecular weight is 413 g/mol. The van der Waals surface area contributed by atoms with Gasteiger partial charge in [0, 0.05) is 28.7 Å². The number of nitrogens with zero attached hydrogens (tertiary/aromatic N) is 1. The Bertz CT molecular complexity index is 859. The Balaban J connectivity index is 1.54. The van der Waals surface area contributed by atoms with Crippen molar-refractivity contribution in [3.63, 3.8) is 0 Å². The molecule has 4 rings (SSSR count). The predicted octanol–water partition coefficient (Wildman–Crippen LogP) is 4.76. The van der Waals surface area contributed by atoms with E-state index in [-0.39, 0.29) is 17.9 Å². The van der Waals surface area contributed by atoms with Gasteiger partial charge in [0.15, 0.2) is 6.10 Å². The lowest BCUT2D eigenvalue weighted by Gasteiger charge is -2.34. The van der Waals surface area contributed by atoms with E-state index in [0.29, 0.717) is 19.4 Å². The summed E-state index contributed by atoms with van der Waals surface area (Å²) in [6, 6.07) is 9.91. The predicted molar refractivity (Wildman–Crippen MR) is 115 cm³/mol. The lowest BCUT2D eigenvalue weighted by atomic mass is 9.93. The first-order valence-corrected chi connectivity index (χ1v) is 11.4. The minimum Gasteiger partial charge on any atom is -0.480 e.